The number of nitrogens with one attached hydrogen (secondary N) is 3. The highest BCUT2D eigenvalue weighted by molar-refractivity contribution is 6.62. The predicted molar refractivity (Wildman–Crippen MR) is 179 cm³/mol. The Morgan fingerprint density at radius 2 is 1.70 bits per heavy atom. The summed E-state index contributed by atoms with van der Waals surface area (Å²) in [4.78, 5) is 35.4. The van der Waals surface area contributed by atoms with Crippen LogP contribution in [0.3, 0.4) is 0 Å². The molecule has 3 N–H and O–H groups in total. The normalized spacial score (nSPS) is 16.5. The molecule has 1 aliphatic carbocycles. The minimum atomic E-state index is -0.504. The van der Waals surface area contributed by atoms with Crippen molar-refractivity contribution in [2.24, 2.45) is 0 Å². The predicted octanol–water partition coefficient (Wildman–Crippen LogP) is 6.13. The maximum Gasteiger partial charge on any atom is 0.494 e. The number of amides is 3. The van der Waals surface area contributed by atoms with Gasteiger partial charge in [-0.15, -0.1) is 0 Å². The third kappa shape index (κ3) is 7.31. The Morgan fingerprint density at radius 3 is 2.36 bits per heavy atom. The smallest absolute Gasteiger partial charge is 0.494 e. The molecule has 0 spiro atoms. The highest BCUT2D eigenvalue weighted by atomic mass is 35.5. The number of methoxy groups -OCH3 is 1. The van der Waals surface area contributed by atoms with Crippen molar-refractivity contribution in [1.82, 2.24) is 15.8 Å². The van der Waals surface area contributed by atoms with Crippen LogP contribution in [0.4, 0.5) is 10.5 Å². The average molecular weight is 659 g/mol. The van der Waals surface area contributed by atoms with Crippen LogP contribution in [-0.4, -0.2) is 48.4 Å². The van der Waals surface area contributed by atoms with E-state index in [4.69, 9.17) is 35.2 Å². The lowest BCUT2D eigenvalue weighted by Crippen LogP contribution is -2.41. The van der Waals surface area contributed by atoms with Gasteiger partial charge >= 0.3 is 13.1 Å². The second-order valence-corrected chi connectivity index (χ2v) is 13.0. The first-order valence-corrected chi connectivity index (χ1v) is 15.7. The zero-order chi connectivity index (χ0) is 33.3. The van der Waals surface area contributed by atoms with Crippen LogP contribution in [0.2, 0.25) is 5.02 Å². The van der Waals surface area contributed by atoms with Gasteiger partial charge in [0.25, 0.3) is 5.91 Å². The van der Waals surface area contributed by atoms with E-state index in [1.807, 2.05) is 52.0 Å². The molecule has 244 valence electrons. The Kier molecular flexibility index (Phi) is 9.04. The topological polar surface area (TPSA) is 129 Å². The maximum atomic E-state index is 13.3. The number of carbonyl (C=O) groups excluding carboxylic acids is 2. The number of hydrogen-bond donors (Lipinski definition) is 3. The standard InChI is InChI=1S/C34H36BClN4O7/c1-33(2)34(3,4)47-35(46-33)21-8-6-20(7-9-21)19-44-40-31(41)25-17-24-28(18-30(25)43-5)37-15-14-29(24)45-23-12-13-27(26(36)16-23)39-32(42)38-22-10-11-22/h6-9,12-18,22H,10-11,19H2,1-5H3,(H,40,41)(H2,38,39,42). The van der Waals surface area contributed by atoms with Crippen molar-refractivity contribution in [2.75, 3.05) is 12.4 Å². The molecule has 6 rings (SSSR count). The van der Waals surface area contributed by atoms with E-state index in [1.54, 1.807) is 42.6 Å². The van der Waals surface area contributed by atoms with Crippen LogP contribution < -0.4 is 31.1 Å². The molecular formula is C34H36BClN4O7. The van der Waals surface area contributed by atoms with Crippen LogP contribution in [0, 0.1) is 0 Å². The van der Waals surface area contributed by atoms with Crippen molar-refractivity contribution >= 4 is 52.7 Å². The van der Waals surface area contributed by atoms with E-state index in [9.17, 15) is 9.59 Å². The van der Waals surface area contributed by atoms with Gasteiger partial charge in [-0.05, 0) is 75.8 Å². The Bertz CT molecular complexity index is 1800. The lowest BCUT2D eigenvalue weighted by molar-refractivity contribution is 0.00578. The number of nitrogens with zero attached hydrogens (tertiary/aromatic N) is 1. The fraction of sp³-hybridized carbons (Fsp3) is 0.324. The van der Waals surface area contributed by atoms with E-state index in [1.165, 1.54) is 7.11 Å². The van der Waals surface area contributed by atoms with Gasteiger partial charge < -0.3 is 29.4 Å². The van der Waals surface area contributed by atoms with Gasteiger partial charge in [-0.2, -0.15) is 0 Å². The molecule has 2 heterocycles. The molecule has 13 heteroatoms. The Morgan fingerprint density at radius 1 is 0.979 bits per heavy atom. The Balaban J connectivity index is 1.11. The first-order valence-electron chi connectivity index (χ1n) is 15.3. The second-order valence-electron chi connectivity index (χ2n) is 12.5. The SMILES string of the molecule is COc1cc2nccc(Oc3ccc(NC(=O)NC4CC4)c(Cl)c3)c2cc1C(=O)NOCc1ccc(B2OC(C)(C)C(C)(C)O2)cc1. The number of halogens is 1. The number of rotatable bonds is 10. The summed E-state index contributed by atoms with van der Waals surface area (Å²) in [7, 11) is 1.01. The molecule has 3 aromatic carbocycles. The van der Waals surface area contributed by atoms with Gasteiger partial charge in [-0.1, -0.05) is 35.9 Å². The van der Waals surface area contributed by atoms with Crippen LogP contribution in [0.15, 0.2) is 66.9 Å². The summed E-state index contributed by atoms with van der Waals surface area (Å²) in [5.74, 6) is 0.691. The number of fused-ring (bicyclic) bond motifs is 1. The molecule has 0 radical (unpaired) electrons. The van der Waals surface area contributed by atoms with E-state index in [-0.39, 0.29) is 24.2 Å². The van der Waals surface area contributed by atoms with Crippen LogP contribution >= 0.6 is 11.6 Å². The summed E-state index contributed by atoms with van der Waals surface area (Å²) in [6.07, 6.45) is 3.56. The molecule has 1 aliphatic heterocycles. The van der Waals surface area contributed by atoms with Crippen LogP contribution in [0.5, 0.6) is 17.2 Å². The van der Waals surface area contributed by atoms with E-state index < -0.39 is 24.2 Å². The minimum Gasteiger partial charge on any atom is -0.496 e. The molecule has 2 aliphatic rings. The summed E-state index contributed by atoms with van der Waals surface area (Å²) >= 11 is 6.44. The third-order valence-electron chi connectivity index (χ3n) is 8.51. The summed E-state index contributed by atoms with van der Waals surface area (Å²) in [5, 5.41) is 6.49. The van der Waals surface area contributed by atoms with Crippen molar-refractivity contribution in [1.29, 1.82) is 0 Å². The van der Waals surface area contributed by atoms with E-state index in [0.29, 0.717) is 38.9 Å². The molecule has 0 atom stereocenters. The third-order valence-corrected chi connectivity index (χ3v) is 8.82. The number of aromatic nitrogens is 1. The van der Waals surface area contributed by atoms with Crippen molar-refractivity contribution in [2.45, 2.75) is 64.4 Å². The van der Waals surface area contributed by atoms with Crippen molar-refractivity contribution in [3.63, 3.8) is 0 Å². The summed E-state index contributed by atoms with van der Waals surface area (Å²) in [6, 6.07) is 17.5. The number of carbonyl (C=O) groups is 2. The monoisotopic (exact) mass is 658 g/mol. The number of ether oxygens (including phenoxy) is 2. The number of urea groups is 1. The molecule has 3 amide bonds. The van der Waals surface area contributed by atoms with Gasteiger partial charge in [0.2, 0.25) is 0 Å². The minimum absolute atomic E-state index is 0.134. The number of pyridine rings is 1. The lowest BCUT2D eigenvalue weighted by Gasteiger charge is -2.32. The molecule has 2 fully saturated rings. The van der Waals surface area contributed by atoms with E-state index in [2.05, 4.69) is 21.1 Å². The molecule has 11 nitrogen and oxygen atoms in total. The van der Waals surface area contributed by atoms with E-state index in [0.717, 1.165) is 23.9 Å². The lowest BCUT2D eigenvalue weighted by atomic mass is 9.79. The summed E-state index contributed by atoms with van der Waals surface area (Å²) in [6.45, 7) is 8.19. The second kappa shape index (κ2) is 13.0. The van der Waals surface area contributed by atoms with Crippen LogP contribution in [0.25, 0.3) is 10.9 Å². The zero-order valence-corrected chi connectivity index (χ0v) is 27.6. The van der Waals surface area contributed by atoms with Gasteiger partial charge in [0.1, 0.15) is 17.2 Å². The largest absolute Gasteiger partial charge is 0.496 e. The van der Waals surface area contributed by atoms with Crippen molar-refractivity contribution < 1.29 is 33.2 Å². The van der Waals surface area contributed by atoms with Gasteiger partial charge in [-0.3, -0.25) is 14.6 Å². The Hall–Kier alpha value is -4.36. The van der Waals surface area contributed by atoms with Gasteiger partial charge in [0.15, 0.2) is 0 Å². The van der Waals surface area contributed by atoms with Crippen molar-refractivity contribution in [3.05, 3.63) is 83.0 Å². The molecule has 4 aromatic rings. The number of hydrogen-bond acceptors (Lipinski definition) is 8. The molecule has 1 aromatic heterocycles. The molecule has 1 saturated heterocycles. The van der Waals surface area contributed by atoms with Gasteiger partial charge in [0, 0.05) is 29.8 Å². The number of anilines is 1. The molecule has 47 heavy (non-hydrogen) atoms. The average Bonchev–Trinajstić information content (AvgIpc) is 3.81. The first kappa shape index (κ1) is 32.6. The van der Waals surface area contributed by atoms with Crippen LogP contribution in [0.1, 0.15) is 56.5 Å². The number of hydroxylamine groups is 1. The molecule has 1 saturated carbocycles. The van der Waals surface area contributed by atoms with Crippen molar-refractivity contribution in [3.8, 4) is 17.2 Å². The first-order chi connectivity index (χ1) is 22.4. The fourth-order valence-corrected chi connectivity index (χ4v) is 5.15. The molecule has 0 unspecified atom stereocenters. The molecule has 0 bridgehead atoms. The quantitative estimate of drug-likeness (QED) is 0.137. The molecular weight excluding hydrogens is 623 g/mol. The van der Waals surface area contributed by atoms with Gasteiger partial charge in [0.05, 0.1) is 46.7 Å². The van der Waals surface area contributed by atoms with E-state index >= 15 is 0 Å². The van der Waals surface area contributed by atoms with Crippen LogP contribution in [-0.2, 0) is 20.8 Å². The Labute approximate surface area is 278 Å². The maximum absolute atomic E-state index is 13.3. The highest BCUT2D eigenvalue weighted by Crippen LogP contribution is 2.37. The summed E-state index contributed by atoms with van der Waals surface area (Å²) in [5.41, 5.74) is 4.64. The fourth-order valence-electron chi connectivity index (χ4n) is 4.93. The highest BCUT2D eigenvalue weighted by Gasteiger charge is 2.51. The number of benzene rings is 3. The zero-order valence-electron chi connectivity index (χ0n) is 26.8. The summed E-state index contributed by atoms with van der Waals surface area (Å²) < 4.78 is 23.9. The van der Waals surface area contributed by atoms with Gasteiger partial charge in [-0.25, -0.2) is 10.3 Å².